The van der Waals surface area contributed by atoms with Crippen LogP contribution in [0, 0.1) is 5.92 Å². The van der Waals surface area contributed by atoms with E-state index < -0.39 is 0 Å². The third kappa shape index (κ3) is 4.19. The molecule has 0 saturated carbocycles. The van der Waals surface area contributed by atoms with Crippen molar-refractivity contribution >= 4 is 22.8 Å². The molecule has 0 bridgehead atoms. The first kappa shape index (κ1) is 18.9. The van der Waals surface area contributed by atoms with E-state index in [1.54, 1.807) is 0 Å². The minimum Gasteiger partial charge on any atom is -0.475 e. The van der Waals surface area contributed by atoms with Gasteiger partial charge in [-0.1, -0.05) is 12.1 Å². The molecular weight excluding hydrogens is 356 g/mol. The second-order valence-electron chi connectivity index (χ2n) is 7.42. The molecule has 1 aromatic heterocycles. The van der Waals surface area contributed by atoms with Crippen molar-refractivity contribution in [3.8, 4) is 5.88 Å². The molecule has 2 aliphatic rings. The molecule has 7 nitrogen and oxygen atoms in total. The van der Waals surface area contributed by atoms with Gasteiger partial charge in [0, 0.05) is 32.2 Å². The van der Waals surface area contributed by atoms with E-state index in [2.05, 4.69) is 15.2 Å². The average Bonchev–Trinajstić information content (AvgIpc) is 3.25. The van der Waals surface area contributed by atoms with Crippen molar-refractivity contribution < 1.29 is 14.3 Å². The number of piperidine rings is 1. The molecule has 4 rings (SSSR count). The topological polar surface area (TPSA) is 76.6 Å². The number of aromatic nitrogens is 2. The number of para-hydroxylation sites is 2. The lowest BCUT2D eigenvalue weighted by Gasteiger charge is -2.32. The lowest BCUT2D eigenvalue weighted by Crippen LogP contribution is -2.42. The van der Waals surface area contributed by atoms with Crippen molar-refractivity contribution in [1.82, 2.24) is 15.3 Å². The van der Waals surface area contributed by atoms with Gasteiger partial charge in [0.15, 0.2) is 5.82 Å². The summed E-state index contributed by atoms with van der Waals surface area (Å²) in [7, 11) is 0. The van der Waals surface area contributed by atoms with E-state index in [1.807, 2.05) is 31.2 Å². The summed E-state index contributed by atoms with van der Waals surface area (Å²) in [6, 6.07) is 7.82. The van der Waals surface area contributed by atoms with Crippen LogP contribution >= 0.6 is 0 Å². The highest BCUT2D eigenvalue weighted by atomic mass is 16.5. The fourth-order valence-electron chi connectivity index (χ4n) is 3.93. The largest absolute Gasteiger partial charge is 0.475 e. The highest BCUT2D eigenvalue weighted by molar-refractivity contribution is 5.79. The van der Waals surface area contributed by atoms with Gasteiger partial charge in [-0.3, -0.25) is 4.79 Å². The Labute approximate surface area is 165 Å². The van der Waals surface area contributed by atoms with Crippen molar-refractivity contribution in [2.24, 2.45) is 5.92 Å². The third-order valence-corrected chi connectivity index (χ3v) is 5.50. The number of anilines is 1. The summed E-state index contributed by atoms with van der Waals surface area (Å²) in [6.45, 7) is 5.47. The van der Waals surface area contributed by atoms with Gasteiger partial charge < -0.3 is 19.7 Å². The van der Waals surface area contributed by atoms with Gasteiger partial charge in [-0.25, -0.2) is 9.97 Å². The van der Waals surface area contributed by atoms with Crippen LogP contribution in [0.3, 0.4) is 0 Å². The maximum atomic E-state index is 12.5. The number of amides is 1. The molecule has 2 fully saturated rings. The molecule has 2 aromatic rings. The minimum atomic E-state index is 0.0432. The SMILES string of the molecule is CCOc1nc2ccccc2nc1N1CCC(C(=O)NC[C@H]2CCCO2)CC1. The molecule has 0 aliphatic carbocycles. The Morgan fingerprint density at radius 2 is 1.96 bits per heavy atom. The van der Waals surface area contributed by atoms with E-state index in [1.165, 1.54) is 0 Å². The normalized spacial score (nSPS) is 20.5. The number of fused-ring (bicyclic) bond motifs is 1. The van der Waals surface area contributed by atoms with E-state index >= 15 is 0 Å². The van der Waals surface area contributed by atoms with Crippen LogP contribution in [-0.4, -0.2) is 54.8 Å². The summed E-state index contributed by atoms with van der Waals surface area (Å²) in [5, 5.41) is 3.07. The maximum absolute atomic E-state index is 12.5. The Morgan fingerprint density at radius 1 is 1.21 bits per heavy atom. The average molecular weight is 384 g/mol. The van der Waals surface area contributed by atoms with E-state index in [-0.39, 0.29) is 17.9 Å². The summed E-state index contributed by atoms with van der Waals surface area (Å²) in [4.78, 5) is 24.1. The van der Waals surface area contributed by atoms with Crippen LogP contribution in [0.5, 0.6) is 5.88 Å². The Hall–Kier alpha value is -2.41. The van der Waals surface area contributed by atoms with Crippen LogP contribution in [0.1, 0.15) is 32.6 Å². The van der Waals surface area contributed by atoms with E-state index in [0.717, 1.165) is 62.2 Å². The number of hydrogen-bond acceptors (Lipinski definition) is 6. The fraction of sp³-hybridized carbons (Fsp3) is 0.571. The molecule has 2 saturated heterocycles. The predicted molar refractivity (Wildman–Crippen MR) is 108 cm³/mol. The summed E-state index contributed by atoms with van der Waals surface area (Å²) in [5.41, 5.74) is 1.69. The maximum Gasteiger partial charge on any atom is 0.258 e. The van der Waals surface area contributed by atoms with Crippen LogP contribution in [0.25, 0.3) is 11.0 Å². The number of rotatable bonds is 6. The van der Waals surface area contributed by atoms with E-state index in [0.29, 0.717) is 19.0 Å². The monoisotopic (exact) mass is 384 g/mol. The zero-order valence-electron chi connectivity index (χ0n) is 16.4. The molecule has 0 spiro atoms. The van der Waals surface area contributed by atoms with Gasteiger partial charge in [-0.05, 0) is 44.7 Å². The van der Waals surface area contributed by atoms with Crippen LogP contribution in [0.15, 0.2) is 24.3 Å². The van der Waals surface area contributed by atoms with Crippen LogP contribution in [0.2, 0.25) is 0 Å². The summed E-state index contributed by atoms with van der Waals surface area (Å²) in [5.74, 6) is 1.53. The molecular formula is C21H28N4O3. The van der Waals surface area contributed by atoms with Gasteiger partial charge in [-0.2, -0.15) is 0 Å². The summed E-state index contributed by atoms with van der Waals surface area (Å²) >= 11 is 0. The van der Waals surface area contributed by atoms with Gasteiger partial charge in [0.1, 0.15) is 0 Å². The molecule has 150 valence electrons. The number of nitrogens with zero attached hydrogens (tertiary/aromatic N) is 3. The van der Waals surface area contributed by atoms with Crippen LogP contribution in [0.4, 0.5) is 5.82 Å². The van der Waals surface area contributed by atoms with Crippen molar-refractivity contribution in [2.45, 2.75) is 38.7 Å². The Morgan fingerprint density at radius 3 is 2.64 bits per heavy atom. The van der Waals surface area contributed by atoms with Gasteiger partial charge in [0.25, 0.3) is 5.88 Å². The van der Waals surface area contributed by atoms with Crippen molar-refractivity contribution in [3.63, 3.8) is 0 Å². The molecule has 1 amide bonds. The lowest BCUT2D eigenvalue weighted by atomic mass is 9.96. The van der Waals surface area contributed by atoms with Gasteiger partial charge in [0.05, 0.1) is 23.7 Å². The number of hydrogen-bond donors (Lipinski definition) is 1. The smallest absolute Gasteiger partial charge is 0.258 e. The zero-order valence-corrected chi connectivity index (χ0v) is 16.4. The minimum absolute atomic E-state index is 0.0432. The fourth-order valence-corrected chi connectivity index (χ4v) is 3.93. The van der Waals surface area contributed by atoms with Gasteiger partial charge in [-0.15, -0.1) is 0 Å². The molecule has 1 N–H and O–H groups in total. The quantitative estimate of drug-likeness (QED) is 0.825. The second-order valence-corrected chi connectivity index (χ2v) is 7.42. The molecule has 3 heterocycles. The second kappa shape index (κ2) is 8.73. The third-order valence-electron chi connectivity index (χ3n) is 5.50. The first-order chi connectivity index (χ1) is 13.7. The molecule has 7 heteroatoms. The van der Waals surface area contributed by atoms with E-state index in [9.17, 15) is 4.79 Å². The predicted octanol–water partition coefficient (Wildman–Crippen LogP) is 2.54. The molecule has 1 atom stereocenters. The first-order valence-corrected chi connectivity index (χ1v) is 10.3. The number of benzene rings is 1. The highest BCUT2D eigenvalue weighted by Crippen LogP contribution is 2.30. The Balaban J connectivity index is 1.40. The molecule has 1 aromatic carbocycles. The van der Waals surface area contributed by atoms with Crippen LogP contribution < -0.4 is 15.0 Å². The number of nitrogens with one attached hydrogen (secondary N) is 1. The van der Waals surface area contributed by atoms with Gasteiger partial charge >= 0.3 is 0 Å². The molecule has 28 heavy (non-hydrogen) atoms. The Kier molecular flexibility index (Phi) is 5.90. The number of carbonyl (C=O) groups is 1. The van der Waals surface area contributed by atoms with Crippen molar-refractivity contribution in [2.75, 3.05) is 37.7 Å². The highest BCUT2D eigenvalue weighted by Gasteiger charge is 2.28. The zero-order chi connectivity index (χ0) is 19.3. The Bertz CT molecular complexity index is 814. The summed E-state index contributed by atoms with van der Waals surface area (Å²) < 4.78 is 11.3. The van der Waals surface area contributed by atoms with Gasteiger partial charge in [0.2, 0.25) is 5.91 Å². The molecule has 0 radical (unpaired) electrons. The number of carbonyl (C=O) groups excluding carboxylic acids is 1. The van der Waals surface area contributed by atoms with Crippen molar-refractivity contribution in [3.05, 3.63) is 24.3 Å². The lowest BCUT2D eigenvalue weighted by molar-refractivity contribution is -0.126. The summed E-state index contributed by atoms with van der Waals surface area (Å²) in [6.07, 6.45) is 3.92. The van der Waals surface area contributed by atoms with Crippen LogP contribution in [-0.2, 0) is 9.53 Å². The first-order valence-electron chi connectivity index (χ1n) is 10.3. The van der Waals surface area contributed by atoms with Crippen molar-refractivity contribution in [1.29, 1.82) is 0 Å². The van der Waals surface area contributed by atoms with E-state index in [4.69, 9.17) is 14.5 Å². The molecule has 0 unspecified atom stereocenters. The molecule has 2 aliphatic heterocycles. The standard InChI is InChI=1S/C21H28N4O3/c1-2-27-21-19(23-17-7-3-4-8-18(17)24-21)25-11-9-15(10-12-25)20(26)22-14-16-6-5-13-28-16/h3-4,7-8,15-16H,2,5-6,9-14H2,1H3,(H,22,26)/t16-/m1/s1. The number of ether oxygens (including phenoxy) is 2.